The van der Waals surface area contributed by atoms with Crippen LogP contribution in [-0.2, 0) is 18.4 Å². The fraction of sp³-hybridized carbons (Fsp3) is 0.667. The van der Waals surface area contributed by atoms with Gasteiger partial charge in [-0.1, -0.05) is 0 Å². The van der Waals surface area contributed by atoms with Gasteiger partial charge in [-0.05, 0) is 33.2 Å². The third-order valence-corrected chi connectivity index (χ3v) is 3.42. The summed E-state index contributed by atoms with van der Waals surface area (Å²) in [5.74, 6) is 0.0817. The summed E-state index contributed by atoms with van der Waals surface area (Å²) in [4.78, 5) is 12.1. The fourth-order valence-corrected chi connectivity index (χ4v) is 2.28. The maximum Gasteiger partial charge on any atom is 0.240 e. The van der Waals surface area contributed by atoms with E-state index in [0.29, 0.717) is 6.54 Å². The van der Waals surface area contributed by atoms with Crippen LogP contribution >= 0.6 is 0 Å². The van der Waals surface area contributed by atoms with E-state index in [2.05, 4.69) is 15.7 Å². The van der Waals surface area contributed by atoms with Crippen molar-refractivity contribution in [3.63, 3.8) is 0 Å². The number of nitrogens with zero attached hydrogens (tertiary/aromatic N) is 2. The smallest absolute Gasteiger partial charge is 0.240 e. The predicted octanol–water partition coefficient (Wildman–Crippen LogP) is 0.487. The van der Waals surface area contributed by atoms with E-state index >= 15 is 0 Å². The van der Waals surface area contributed by atoms with Crippen LogP contribution in [0, 0.1) is 6.92 Å². The Morgan fingerprint density at radius 2 is 2.47 bits per heavy atom. The third kappa shape index (κ3) is 2.49. The van der Waals surface area contributed by atoms with Crippen LogP contribution in [0.4, 0.5) is 0 Å². The number of aromatic nitrogens is 2. The number of hydrogen-bond donors (Lipinski definition) is 2. The summed E-state index contributed by atoms with van der Waals surface area (Å²) in [6, 6.07) is 0. The summed E-state index contributed by atoms with van der Waals surface area (Å²) < 4.78 is 1.77. The average molecular weight is 236 g/mol. The molecule has 1 aliphatic rings. The van der Waals surface area contributed by atoms with E-state index in [9.17, 15) is 4.79 Å². The second kappa shape index (κ2) is 4.49. The molecule has 0 radical (unpaired) electrons. The van der Waals surface area contributed by atoms with E-state index in [1.54, 1.807) is 4.68 Å². The van der Waals surface area contributed by atoms with Crippen LogP contribution in [0.5, 0.6) is 0 Å². The van der Waals surface area contributed by atoms with Crippen molar-refractivity contribution < 1.29 is 4.79 Å². The molecule has 1 aromatic rings. The fourth-order valence-electron chi connectivity index (χ4n) is 2.28. The molecule has 2 heterocycles. The maximum atomic E-state index is 12.1. The number of carbonyl (C=O) groups is 1. The van der Waals surface area contributed by atoms with Gasteiger partial charge in [0.15, 0.2) is 0 Å². The first-order valence-electron chi connectivity index (χ1n) is 6.04. The summed E-state index contributed by atoms with van der Waals surface area (Å²) in [5.41, 5.74) is 1.65. The Bertz CT molecular complexity index is 418. The van der Waals surface area contributed by atoms with Gasteiger partial charge in [-0.25, -0.2) is 0 Å². The lowest BCUT2D eigenvalue weighted by molar-refractivity contribution is -0.126. The summed E-state index contributed by atoms with van der Waals surface area (Å²) in [7, 11) is 1.89. The highest BCUT2D eigenvalue weighted by molar-refractivity contribution is 5.86. The van der Waals surface area contributed by atoms with E-state index in [0.717, 1.165) is 30.6 Å². The largest absolute Gasteiger partial charge is 0.350 e. The number of nitrogens with one attached hydrogen (secondary N) is 2. The Kier molecular flexibility index (Phi) is 3.19. The van der Waals surface area contributed by atoms with Gasteiger partial charge in [-0.3, -0.25) is 9.48 Å². The highest BCUT2D eigenvalue weighted by Gasteiger charge is 2.35. The molecule has 2 N–H and O–H groups in total. The standard InChI is InChI=1S/C12H20N4O/c1-9-10(8-16(3)15-9)7-13-11(17)12(2)5-4-6-14-12/h8,14H,4-7H2,1-3H3,(H,13,17). The molecular weight excluding hydrogens is 216 g/mol. The third-order valence-electron chi connectivity index (χ3n) is 3.42. The minimum atomic E-state index is -0.393. The number of rotatable bonds is 3. The average Bonchev–Trinajstić information content (AvgIpc) is 2.83. The Morgan fingerprint density at radius 1 is 1.71 bits per heavy atom. The van der Waals surface area contributed by atoms with Crippen LogP contribution in [0.2, 0.25) is 0 Å². The molecule has 0 aliphatic carbocycles. The van der Waals surface area contributed by atoms with Gasteiger partial charge in [0.05, 0.1) is 11.2 Å². The molecule has 1 fully saturated rings. The Morgan fingerprint density at radius 3 is 3.00 bits per heavy atom. The van der Waals surface area contributed by atoms with Crippen LogP contribution in [0.3, 0.4) is 0 Å². The van der Waals surface area contributed by atoms with Crippen molar-refractivity contribution in [1.82, 2.24) is 20.4 Å². The molecule has 0 bridgehead atoms. The number of carbonyl (C=O) groups excluding carboxylic acids is 1. The second-order valence-corrected chi connectivity index (χ2v) is 4.96. The molecule has 1 aromatic heterocycles. The quantitative estimate of drug-likeness (QED) is 0.803. The van der Waals surface area contributed by atoms with E-state index in [1.165, 1.54) is 0 Å². The lowest BCUT2D eigenvalue weighted by Gasteiger charge is -2.22. The highest BCUT2D eigenvalue weighted by atomic mass is 16.2. The van der Waals surface area contributed by atoms with Gasteiger partial charge in [0.1, 0.15) is 0 Å². The summed E-state index contributed by atoms with van der Waals surface area (Å²) in [5, 5.41) is 10.5. The van der Waals surface area contributed by atoms with E-state index in [1.807, 2.05) is 27.1 Å². The zero-order valence-electron chi connectivity index (χ0n) is 10.7. The number of aryl methyl sites for hydroxylation is 2. The Hall–Kier alpha value is -1.36. The maximum absolute atomic E-state index is 12.1. The van der Waals surface area contributed by atoms with E-state index < -0.39 is 5.54 Å². The van der Waals surface area contributed by atoms with Crippen LogP contribution in [-0.4, -0.2) is 27.8 Å². The lowest BCUT2D eigenvalue weighted by Crippen LogP contribution is -2.50. The first-order chi connectivity index (χ1) is 8.01. The summed E-state index contributed by atoms with van der Waals surface area (Å²) in [6.07, 6.45) is 3.92. The van der Waals surface area contributed by atoms with Gasteiger partial charge < -0.3 is 10.6 Å². The topological polar surface area (TPSA) is 59.0 Å². The van der Waals surface area contributed by atoms with Gasteiger partial charge in [-0.15, -0.1) is 0 Å². The van der Waals surface area contributed by atoms with Crippen molar-refractivity contribution in [2.45, 2.75) is 38.8 Å². The van der Waals surface area contributed by atoms with Gasteiger partial charge >= 0.3 is 0 Å². The van der Waals surface area contributed by atoms with Gasteiger partial charge in [0, 0.05) is 25.4 Å². The Labute approximate surface area is 102 Å². The molecule has 94 valence electrons. The summed E-state index contributed by atoms with van der Waals surface area (Å²) >= 11 is 0. The molecule has 1 aliphatic heterocycles. The lowest BCUT2D eigenvalue weighted by atomic mass is 9.99. The molecule has 1 unspecified atom stereocenters. The number of hydrogen-bond acceptors (Lipinski definition) is 3. The molecule has 1 saturated heterocycles. The minimum absolute atomic E-state index is 0.0817. The highest BCUT2D eigenvalue weighted by Crippen LogP contribution is 2.18. The van der Waals surface area contributed by atoms with E-state index in [-0.39, 0.29) is 5.91 Å². The van der Waals surface area contributed by atoms with Crippen LogP contribution in [0.15, 0.2) is 6.20 Å². The molecule has 1 amide bonds. The summed E-state index contributed by atoms with van der Waals surface area (Å²) in [6.45, 7) is 5.40. The first-order valence-corrected chi connectivity index (χ1v) is 6.04. The molecule has 5 nitrogen and oxygen atoms in total. The van der Waals surface area contributed by atoms with E-state index in [4.69, 9.17) is 0 Å². The van der Waals surface area contributed by atoms with Crippen molar-refractivity contribution in [3.05, 3.63) is 17.5 Å². The van der Waals surface area contributed by atoms with Crippen LogP contribution < -0.4 is 10.6 Å². The normalized spacial score (nSPS) is 23.9. The van der Waals surface area contributed by atoms with Crippen LogP contribution in [0.1, 0.15) is 31.0 Å². The molecule has 0 aromatic carbocycles. The molecule has 17 heavy (non-hydrogen) atoms. The minimum Gasteiger partial charge on any atom is -0.350 e. The van der Waals surface area contributed by atoms with Crippen molar-refractivity contribution in [3.8, 4) is 0 Å². The molecule has 0 saturated carbocycles. The van der Waals surface area contributed by atoms with Crippen molar-refractivity contribution in [2.75, 3.05) is 6.54 Å². The van der Waals surface area contributed by atoms with Crippen molar-refractivity contribution >= 4 is 5.91 Å². The second-order valence-electron chi connectivity index (χ2n) is 4.96. The Balaban J connectivity index is 1.94. The van der Waals surface area contributed by atoms with Gasteiger partial charge in [-0.2, -0.15) is 5.10 Å². The van der Waals surface area contributed by atoms with Gasteiger partial charge in [0.2, 0.25) is 5.91 Å². The monoisotopic (exact) mass is 236 g/mol. The zero-order valence-corrected chi connectivity index (χ0v) is 10.7. The molecule has 1 atom stereocenters. The molecular formula is C12H20N4O. The van der Waals surface area contributed by atoms with Gasteiger partial charge in [0.25, 0.3) is 0 Å². The molecule has 2 rings (SSSR count). The SMILES string of the molecule is Cc1nn(C)cc1CNC(=O)C1(C)CCCN1. The van der Waals surface area contributed by atoms with Crippen LogP contribution in [0.25, 0.3) is 0 Å². The molecule has 5 heteroatoms. The van der Waals surface area contributed by atoms with Crippen molar-refractivity contribution in [1.29, 1.82) is 0 Å². The number of amides is 1. The predicted molar refractivity (Wildman–Crippen MR) is 65.4 cm³/mol. The molecule has 0 spiro atoms. The zero-order chi connectivity index (χ0) is 12.5. The van der Waals surface area contributed by atoms with Crippen molar-refractivity contribution in [2.24, 2.45) is 7.05 Å². The first kappa shape index (κ1) is 12.1.